The summed E-state index contributed by atoms with van der Waals surface area (Å²) >= 11 is 0. The minimum atomic E-state index is -0.828. The number of ether oxygens (including phenoxy) is 3. The van der Waals surface area contributed by atoms with Crippen molar-refractivity contribution in [2.24, 2.45) is 5.73 Å². The first-order chi connectivity index (χ1) is 9.02. The molecule has 1 amide bonds. The molecule has 0 aliphatic heterocycles. The number of carbonyl (C=O) groups excluding carboxylic acids is 2. The number of nitrogens with zero attached hydrogens (tertiary/aromatic N) is 1. The molecule has 0 bridgehead atoms. The minimum absolute atomic E-state index is 0.0837. The Kier molecular flexibility index (Phi) is 5.55. The first-order valence-electron chi connectivity index (χ1n) is 5.34. The Balaban J connectivity index is 2.45. The molecule has 1 rings (SSSR count). The smallest absolute Gasteiger partial charge is 0.302 e. The molecule has 3 N–H and O–H groups in total. The summed E-state index contributed by atoms with van der Waals surface area (Å²) in [6.45, 7) is 1.23. The van der Waals surface area contributed by atoms with Crippen LogP contribution in [0.4, 0.5) is 0 Å². The van der Waals surface area contributed by atoms with Crippen LogP contribution in [-0.4, -0.2) is 42.0 Å². The van der Waals surface area contributed by atoms with E-state index in [0.29, 0.717) is 0 Å². The molecule has 0 aromatic carbocycles. The lowest BCUT2D eigenvalue weighted by Gasteiger charge is -2.10. The number of hydrogen-bond acceptors (Lipinski definition) is 7. The van der Waals surface area contributed by atoms with Crippen LogP contribution in [0.2, 0.25) is 0 Å². The van der Waals surface area contributed by atoms with Crippen molar-refractivity contribution in [2.75, 3.05) is 20.0 Å². The summed E-state index contributed by atoms with van der Waals surface area (Å²) in [5.74, 6) is -1.66. The average Bonchev–Trinajstić information content (AvgIpc) is 2.34. The number of primary amides is 1. The zero-order valence-electron chi connectivity index (χ0n) is 10.3. The Morgan fingerprint density at radius 1 is 1.42 bits per heavy atom. The summed E-state index contributed by atoms with van der Waals surface area (Å²) in [6.07, 6.45) is 1.23. The molecule has 0 unspecified atom stereocenters. The number of carbonyl (C=O) groups is 2. The summed E-state index contributed by atoms with van der Waals surface area (Å²) in [5, 5.41) is 9.52. The molecule has 1 aromatic rings. The molecule has 0 saturated heterocycles. The van der Waals surface area contributed by atoms with Crippen molar-refractivity contribution < 1.29 is 28.9 Å². The number of nitrogens with two attached hydrogens (primary N) is 1. The van der Waals surface area contributed by atoms with Crippen LogP contribution in [0.1, 0.15) is 17.4 Å². The maximum absolute atomic E-state index is 11.1. The topological polar surface area (TPSA) is 121 Å². The quantitative estimate of drug-likeness (QED) is 0.400. The predicted molar refractivity (Wildman–Crippen MR) is 62.5 cm³/mol. The van der Waals surface area contributed by atoms with E-state index in [1.54, 1.807) is 0 Å². The van der Waals surface area contributed by atoms with E-state index in [-0.39, 0.29) is 37.2 Å². The lowest BCUT2D eigenvalue weighted by Crippen LogP contribution is -2.16. The normalized spacial score (nSPS) is 9.95. The van der Waals surface area contributed by atoms with E-state index in [9.17, 15) is 14.7 Å². The Hall–Kier alpha value is -2.35. The summed E-state index contributed by atoms with van der Waals surface area (Å²) < 4.78 is 14.7. The summed E-state index contributed by atoms with van der Waals surface area (Å²) in [5.41, 5.74) is 4.89. The Labute approximate surface area is 109 Å². The van der Waals surface area contributed by atoms with Gasteiger partial charge in [0.2, 0.25) is 0 Å². The van der Waals surface area contributed by atoms with E-state index in [4.69, 9.17) is 15.2 Å². The van der Waals surface area contributed by atoms with Gasteiger partial charge in [0.25, 0.3) is 5.91 Å². The van der Waals surface area contributed by atoms with Crippen molar-refractivity contribution in [3.63, 3.8) is 0 Å². The highest BCUT2D eigenvalue weighted by atomic mass is 16.7. The zero-order chi connectivity index (χ0) is 14.3. The van der Waals surface area contributed by atoms with Crippen LogP contribution in [0, 0.1) is 0 Å². The molecule has 1 heterocycles. The van der Waals surface area contributed by atoms with Gasteiger partial charge in [-0.05, 0) is 0 Å². The van der Waals surface area contributed by atoms with Gasteiger partial charge in [-0.1, -0.05) is 0 Å². The number of aromatic hydroxyl groups is 1. The predicted octanol–water partition coefficient (Wildman–Crippen LogP) is -0.198. The minimum Gasteiger partial charge on any atom is -0.504 e. The zero-order valence-corrected chi connectivity index (χ0v) is 10.3. The van der Waals surface area contributed by atoms with Gasteiger partial charge in [-0.3, -0.25) is 9.59 Å². The third-order valence-corrected chi connectivity index (χ3v) is 1.94. The molecule has 0 spiro atoms. The number of aromatic nitrogens is 1. The van der Waals surface area contributed by atoms with E-state index in [0.717, 1.165) is 0 Å². The number of amides is 1. The fourth-order valence-corrected chi connectivity index (χ4v) is 1.16. The second-order valence-corrected chi connectivity index (χ2v) is 3.38. The lowest BCUT2D eigenvalue weighted by atomic mass is 10.3. The Morgan fingerprint density at radius 3 is 2.79 bits per heavy atom. The largest absolute Gasteiger partial charge is 0.504 e. The summed E-state index contributed by atoms with van der Waals surface area (Å²) in [4.78, 5) is 25.2. The summed E-state index contributed by atoms with van der Waals surface area (Å²) in [7, 11) is 0. The molecule has 0 aliphatic carbocycles. The molecule has 0 atom stereocenters. The highest BCUT2D eigenvalue weighted by molar-refractivity contribution is 5.94. The van der Waals surface area contributed by atoms with Crippen LogP contribution < -0.4 is 10.5 Å². The third-order valence-electron chi connectivity index (χ3n) is 1.94. The molecule has 0 fully saturated rings. The molecule has 8 nitrogen and oxygen atoms in total. The van der Waals surface area contributed by atoms with Gasteiger partial charge in [0.1, 0.15) is 6.61 Å². The van der Waals surface area contributed by atoms with Gasteiger partial charge >= 0.3 is 5.97 Å². The van der Waals surface area contributed by atoms with Crippen molar-refractivity contribution >= 4 is 11.9 Å². The van der Waals surface area contributed by atoms with Crippen LogP contribution in [0.5, 0.6) is 11.5 Å². The molecule has 1 aromatic heterocycles. The molecule has 0 aliphatic rings. The monoisotopic (exact) mass is 270 g/mol. The van der Waals surface area contributed by atoms with E-state index >= 15 is 0 Å². The average molecular weight is 270 g/mol. The second kappa shape index (κ2) is 7.17. The fraction of sp³-hybridized carbons (Fsp3) is 0.364. The van der Waals surface area contributed by atoms with Gasteiger partial charge in [-0.2, -0.15) is 0 Å². The van der Waals surface area contributed by atoms with Crippen LogP contribution in [-0.2, 0) is 14.3 Å². The fourth-order valence-electron chi connectivity index (χ4n) is 1.16. The maximum atomic E-state index is 11.1. The maximum Gasteiger partial charge on any atom is 0.302 e. The van der Waals surface area contributed by atoms with Crippen molar-refractivity contribution in [1.29, 1.82) is 0 Å². The molecular formula is C11H14N2O6. The van der Waals surface area contributed by atoms with Crippen molar-refractivity contribution in [3.05, 3.63) is 18.0 Å². The third kappa shape index (κ3) is 4.80. The lowest BCUT2D eigenvalue weighted by molar-refractivity contribution is -0.143. The van der Waals surface area contributed by atoms with Gasteiger partial charge in [0.15, 0.2) is 24.0 Å². The molecule has 19 heavy (non-hydrogen) atoms. The van der Waals surface area contributed by atoms with Crippen molar-refractivity contribution in [3.8, 4) is 11.5 Å². The van der Waals surface area contributed by atoms with Gasteiger partial charge in [-0.25, -0.2) is 4.98 Å². The standard InChI is InChI=1S/C11H14N2O6/c1-7(14)18-5-4-17-6-19-10-8(15)2-3-13-9(10)11(12)16/h2-3H,4-6H2,1H3,(H2,12,16)(H,13,15). The van der Waals surface area contributed by atoms with Crippen LogP contribution in [0.15, 0.2) is 12.3 Å². The van der Waals surface area contributed by atoms with E-state index in [2.05, 4.69) is 9.72 Å². The molecule has 0 saturated carbocycles. The Bertz CT molecular complexity index is 462. The van der Waals surface area contributed by atoms with Crippen molar-refractivity contribution in [1.82, 2.24) is 4.98 Å². The highest BCUT2D eigenvalue weighted by Gasteiger charge is 2.15. The summed E-state index contributed by atoms with van der Waals surface area (Å²) in [6, 6.07) is 1.25. The van der Waals surface area contributed by atoms with Gasteiger partial charge in [-0.15, -0.1) is 0 Å². The number of hydrogen-bond donors (Lipinski definition) is 2. The first-order valence-corrected chi connectivity index (χ1v) is 5.34. The molecule has 8 heteroatoms. The van der Waals surface area contributed by atoms with Gasteiger partial charge in [0, 0.05) is 19.2 Å². The van der Waals surface area contributed by atoms with E-state index in [1.807, 2.05) is 0 Å². The second-order valence-electron chi connectivity index (χ2n) is 3.38. The van der Waals surface area contributed by atoms with E-state index < -0.39 is 11.9 Å². The number of pyridine rings is 1. The SMILES string of the molecule is CC(=O)OCCOCOc1c(O)ccnc1C(N)=O. The Morgan fingerprint density at radius 2 is 2.16 bits per heavy atom. The molecular weight excluding hydrogens is 256 g/mol. The molecule has 0 radical (unpaired) electrons. The van der Waals surface area contributed by atoms with Crippen LogP contribution in [0.25, 0.3) is 0 Å². The first kappa shape index (κ1) is 14.7. The number of rotatable bonds is 7. The highest BCUT2D eigenvalue weighted by Crippen LogP contribution is 2.27. The molecule has 104 valence electrons. The number of esters is 1. The van der Waals surface area contributed by atoms with E-state index in [1.165, 1.54) is 19.2 Å². The van der Waals surface area contributed by atoms with Crippen LogP contribution in [0.3, 0.4) is 0 Å². The van der Waals surface area contributed by atoms with Gasteiger partial charge < -0.3 is 25.1 Å². The van der Waals surface area contributed by atoms with Crippen LogP contribution >= 0.6 is 0 Å². The van der Waals surface area contributed by atoms with Crippen molar-refractivity contribution in [2.45, 2.75) is 6.92 Å². The van der Waals surface area contributed by atoms with Gasteiger partial charge in [0.05, 0.1) is 6.61 Å².